The molecule has 1 unspecified atom stereocenters. The van der Waals surface area contributed by atoms with Crippen LogP contribution in [0.5, 0.6) is 0 Å². The van der Waals surface area contributed by atoms with Crippen molar-refractivity contribution in [1.82, 2.24) is 4.90 Å². The maximum absolute atomic E-state index is 13.2. The molecule has 0 spiro atoms. The van der Waals surface area contributed by atoms with Gasteiger partial charge >= 0.3 is 5.97 Å². The van der Waals surface area contributed by atoms with Crippen molar-refractivity contribution in [1.29, 1.82) is 0 Å². The summed E-state index contributed by atoms with van der Waals surface area (Å²) in [5, 5.41) is 2.68. The fourth-order valence-electron chi connectivity index (χ4n) is 4.60. The van der Waals surface area contributed by atoms with Crippen LogP contribution in [0, 0.1) is 0 Å². The number of hydrogen-bond donors (Lipinski definition) is 1. The van der Waals surface area contributed by atoms with E-state index in [2.05, 4.69) is 12.2 Å². The Morgan fingerprint density at radius 3 is 2.49 bits per heavy atom. The van der Waals surface area contributed by atoms with Crippen LogP contribution in [0.15, 0.2) is 59.3 Å². The van der Waals surface area contributed by atoms with Gasteiger partial charge in [-0.2, -0.15) is 0 Å². The molecule has 2 aliphatic heterocycles. The zero-order valence-electron chi connectivity index (χ0n) is 21.0. The minimum absolute atomic E-state index is 0.0525. The first-order valence-corrected chi connectivity index (χ1v) is 13.0. The molecule has 0 aliphatic carbocycles. The molecule has 3 amide bonds. The SMILES string of the molecule is CCCOC(=O)c1ccc(N2C(=O)C(Cl)=C(Nc3cccc(C(=O)N4CCCCC4CC)c3)C2=O)cc1. The number of imide groups is 1. The Morgan fingerprint density at radius 2 is 1.78 bits per heavy atom. The van der Waals surface area contributed by atoms with Crippen molar-refractivity contribution in [2.45, 2.75) is 52.0 Å². The van der Waals surface area contributed by atoms with E-state index in [0.29, 0.717) is 29.8 Å². The number of carbonyl (C=O) groups excluding carboxylic acids is 4. The Bertz CT molecular complexity index is 1240. The number of piperidine rings is 1. The quantitative estimate of drug-likeness (QED) is 0.382. The lowest BCUT2D eigenvalue weighted by Gasteiger charge is -2.35. The molecule has 2 aliphatic rings. The van der Waals surface area contributed by atoms with Gasteiger partial charge in [-0.1, -0.05) is 31.5 Å². The van der Waals surface area contributed by atoms with E-state index < -0.39 is 17.8 Å². The second-order valence-corrected chi connectivity index (χ2v) is 9.46. The van der Waals surface area contributed by atoms with Crippen LogP contribution in [-0.2, 0) is 14.3 Å². The van der Waals surface area contributed by atoms with Crippen LogP contribution < -0.4 is 10.2 Å². The third-order valence-corrected chi connectivity index (χ3v) is 6.91. The summed E-state index contributed by atoms with van der Waals surface area (Å²) >= 11 is 6.27. The zero-order valence-corrected chi connectivity index (χ0v) is 21.7. The van der Waals surface area contributed by atoms with Gasteiger partial charge in [0.05, 0.1) is 17.9 Å². The van der Waals surface area contributed by atoms with Crippen LogP contribution >= 0.6 is 11.6 Å². The van der Waals surface area contributed by atoms with E-state index in [4.69, 9.17) is 16.3 Å². The van der Waals surface area contributed by atoms with E-state index in [-0.39, 0.29) is 28.4 Å². The van der Waals surface area contributed by atoms with E-state index >= 15 is 0 Å². The third kappa shape index (κ3) is 5.54. The van der Waals surface area contributed by atoms with Crippen molar-refractivity contribution >= 4 is 46.7 Å². The van der Waals surface area contributed by atoms with Crippen molar-refractivity contribution in [3.8, 4) is 0 Å². The molecular weight excluding hydrogens is 494 g/mol. The average Bonchev–Trinajstić information content (AvgIpc) is 3.14. The van der Waals surface area contributed by atoms with Crippen LogP contribution in [-0.4, -0.2) is 47.8 Å². The average molecular weight is 524 g/mol. The summed E-state index contributed by atoms with van der Waals surface area (Å²) < 4.78 is 5.11. The third-order valence-electron chi connectivity index (χ3n) is 6.56. The maximum atomic E-state index is 13.2. The summed E-state index contributed by atoms with van der Waals surface area (Å²) in [6, 6.07) is 13.0. The topological polar surface area (TPSA) is 96.0 Å². The number of halogens is 1. The summed E-state index contributed by atoms with van der Waals surface area (Å²) in [7, 11) is 0. The van der Waals surface area contributed by atoms with Gasteiger partial charge in [0.1, 0.15) is 10.7 Å². The lowest BCUT2D eigenvalue weighted by atomic mass is 9.99. The smallest absolute Gasteiger partial charge is 0.338 e. The molecule has 1 saturated heterocycles. The molecule has 0 bridgehead atoms. The number of hydrogen-bond acceptors (Lipinski definition) is 6. The molecular formula is C28H30ClN3O5. The molecule has 194 valence electrons. The van der Waals surface area contributed by atoms with Crippen LogP contribution in [0.3, 0.4) is 0 Å². The first kappa shape index (κ1) is 26.4. The summed E-state index contributed by atoms with van der Waals surface area (Å²) in [4.78, 5) is 54.1. The number of likely N-dealkylation sites (tertiary alicyclic amines) is 1. The molecule has 9 heteroatoms. The first-order valence-electron chi connectivity index (χ1n) is 12.6. The van der Waals surface area contributed by atoms with Crippen LogP contribution in [0.1, 0.15) is 66.7 Å². The summed E-state index contributed by atoms with van der Waals surface area (Å²) in [6.07, 6.45) is 4.70. The highest BCUT2D eigenvalue weighted by Gasteiger charge is 2.39. The number of nitrogens with one attached hydrogen (secondary N) is 1. The number of esters is 1. The minimum Gasteiger partial charge on any atom is -0.462 e. The van der Waals surface area contributed by atoms with E-state index in [1.54, 1.807) is 24.3 Å². The second kappa shape index (κ2) is 11.6. The van der Waals surface area contributed by atoms with Crippen LogP contribution in [0.2, 0.25) is 0 Å². The summed E-state index contributed by atoms with van der Waals surface area (Å²) in [5.74, 6) is -1.84. The van der Waals surface area contributed by atoms with Gasteiger partial charge in [-0.25, -0.2) is 9.69 Å². The highest BCUT2D eigenvalue weighted by atomic mass is 35.5. The van der Waals surface area contributed by atoms with Gasteiger partial charge in [0, 0.05) is 23.8 Å². The largest absolute Gasteiger partial charge is 0.462 e. The van der Waals surface area contributed by atoms with Crippen molar-refractivity contribution in [3.63, 3.8) is 0 Å². The summed E-state index contributed by atoms with van der Waals surface area (Å²) in [5.41, 5.74) is 1.49. The van der Waals surface area contributed by atoms with Crippen LogP contribution in [0.4, 0.5) is 11.4 Å². The Morgan fingerprint density at radius 1 is 1.03 bits per heavy atom. The Hall–Kier alpha value is -3.65. The van der Waals surface area contributed by atoms with E-state index in [0.717, 1.165) is 37.1 Å². The molecule has 4 rings (SSSR count). The highest BCUT2D eigenvalue weighted by molar-refractivity contribution is 6.53. The molecule has 0 saturated carbocycles. The van der Waals surface area contributed by atoms with Gasteiger partial charge < -0.3 is 15.0 Å². The zero-order chi connectivity index (χ0) is 26.5. The van der Waals surface area contributed by atoms with Gasteiger partial charge in [-0.05, 0) is 74.6 Å². The van der Waals surface area contributed by atoms with E-state index in [1.165, 1.54) is 24.3 Å². The van der Waals surface area contributed by atoms with Gasteiger partial charge in [-0.3, -0.25) is 14.4 Å². The maximum Gasteiger partial charge on any atom is 0.338 e. The predicted octanol–water partition coefficient (Wildman–Crippen LogP) is 5.09. The number of nitrogens with zero attached hydrogens (tertiary/aromatic N) is 2. The fraction of sp³-hybridized carbons (Fsp3) is 0.357. The molecule has 1 N–H and O–H groups in total. The molecule has 1 fully saturated rings. The normalized spacial score (nSPS) is 17.9. The van der Waals surface area contributed by atoms with Crippen molar-refractivity contribution in [3.05, 3.63) is 70.4 Å². The van der Waals surface area contributed by atoms with Crippen molar-refractivity contribution in [2.24, 2.45) is 0 Å². The minimum atomic E-state index is -0.679. The molecule has 2 aromatic carbocycles. The van der Waals surface area contributed by atoms with Gasteiger partial charge in [-0.15, -0.1) is 0 Å². The molecule has 0 radical (unpaired) electrons. The fourth-order valence-corrected chi connectivity index (χ4v) is 4.82. The van der Waals surface area contributed by atoms with Crippen molar-refractivity contribution in [2.75, 3.05) is 23.4 Å². The predicted molar refractivity (Wildman–Crippen MR) is 141 cm³/mol. The second-order valence-electron chi connectivity index (χ2n) is 9.08. The standard InChI is InChI=1S/C28H30ClN3O5/c1-3-16-37-28(36)18-11-13-22(14-12-18)32-26(34)23(29)24(27(32)35)30-20-9-7-8-19(17-20)25(33)31-15-6-5-10-21(31)4-2/h7-9,11-14,17,21,30H,3-6,10,15-16H2,1-2H3. The lowest BCUT2D eigenvalue weighted by molar-refractivity contribution is -0.120. The number of ether oxygens (including phenoxy) is 1. The molecule has 1 atom stereocenters. The number of benzene rings is 2. The van der Waals surface area contributed by atoms with Crippen LogP contribution in [0.25, 0.3) is 0 Å². The molecule has 8 nitrogen and oxygen atoms in total. The number of amides is 3. The lowest BCUT2D eigenvalue weighted by Crippen LogP contribution is -2.43. The summed E-state index contributed by atoms with van der Waals surface area (Å²) in [6.45, 7) is 5.02. The monoisotopic (exact) mass is 523 g/mol. The molecule has 2 heterocycles. The van der Waals surface area contributed by atoms with Gasteiger partial charge in [0.15, 0.2) is 0 Å². The van der Waals surface area contributed by atoms with E-state index in [9.17, 15) is 19.2 Å². The Kier molecular flexibility index (Phi) is 8.28. The molecule has 37 heavy (non-hydrogen) atoms. The number of carbonyl (C=O) groups is 4. The Balaban J connectivity index is 1.50. The number of rotatable bonds is 8. The van der Waals surface area contributed by atoms with Gasteiger partial charge in [0.25, 0.3) is 17.7 Å². The van der Waals surface area contributed by atoms with Crippen molar-refractivity contribution < 1.29 is 23.9 Å². The highest BCUT2D eigenvalue weighted by Crippen LogP contribution is 2.31. The molecule has 2 aromatic rings. The first-order chi connectivity index (χ1) is 17.8. The number of anilines is 2. The molecule has 0 aromatic heterocycles. The Labute approximate surface area is 221 Å². The van der Waals surface area contributed by atoms with Gasteiger partial charge in [0.2, 0.25) is 0 Å². The van der Waals surface area contributed by atoms with E-state index in [1.807, 2.05) is 11.8 Å².